The SMILES string of the molecule is Cc1ccc(CN(C)CC(O)C(N)Cc2ccccc2)o1. The minimum atomic E-state index is -0.564. The van der Waals surface area contributed by atoms with E-state index in [0.29, 0.717) is 19.5 Å². The molecule has 0 saturated carbocycles. The smallest absolute Gasteiger partial charge is 0.118 e. The lowest BCUT2D eigenvalue weighted by Gasteiger charge is -2.24. The Labute approximate surface area is 126 Å². The van der Waals surface area contributed by atoms with Gasteiger partial charge in [0.05, 0.1) is 12.6 Å². The monoisotopic (exact) mass is 288 g/mol. The van der Waals surface area contributed by atoms with Crippen LogP contribution in [0.5, 0.6) is 0 Å². The van der Waals surface area contributed by atoms with E-state index in [-0.39, 0.29) is 6.04 Å². The van der Waals surface area contributed by atoms with Crippen LogP contribution >= 0.6 is 0 Å². The molecule has 0 bridgehead atoms. The third kappa shape index (κ3) is 5.01. The first-order valence-electron chi connectivity index (χ1n) is 7.26. The lowest BCUT2D eigenvalue weighted by atomic mass is 10.0. The van der Waals surface area contributed by atoms with Gasteiger partial charge in [0.2, 0.25) is 0 Å². The molecular weight excluding hydrogens is 264 g/mol. The van der Waals surface area contributed by atoms with Crippen molar-refractivity contribution in [2.45, 2.75) is 32.0 Å². The van der Waals surface area contributed by atoms with E-state index in [1.807, 2.05) is 61.3 Å². The van der Waals surface area contributed by atoms with Gasteiger partial charge < -0.3 is 15.3 Å². The van der Waals surface area contributed by atoms with Crippen molar-refractivity contribution in [1.29, 1.82) is 0 Å². The van der Waals surface area contributed by atoms with Crippen LogP contribution in [0.2, 0.25) is 0 Å². The normalized spacial score (nSPS) is 14.3. The number of rotatable bonds is 7. The van der Waals surface area contributed by atoms with Crippen LogP contribution in [0.4, 0.5) is 0 Å². The molecule has 1 aromatic heterocycles. The molecule has 114 valence electrons. The zero-order valence-corrected chi connectivity index (χ0v) is 12.7. The highest BCUT2D eigenvalue weighted by Gasteiger charge is 2.17. The summed E-state index contributed by atoms with van der Waals surface area (Å²) in [5, 5.41) is 10.2. The van der Waals surface area contributed by atoms with Gasteiger partial charge in [-0.2, -0.15) is 0 Å². The molecule has 4 heteroatoms. The third-order valence-corrected chi connectivity index (χ3v) is 3.53. The predicted molar refractivity (Wildman–Crippen MR) is 83.9 cm³/mol. The molecule has 1 aromatic carbocycles. The molecule has 3 N–H and O–H groups in total. The molecule has 0 aliphatic heterocycles. The topological polar surface area (TPSA) is 62.6 Å². The summed E-state index contributed by atoms with van der Waals surface area (Å²) in [5.74, 6) is 1.80. The molecule has 2 aromatic rings. The molecule has 0 fully saturated rings. The van der Waals surface area contributed by atoms with Crippen LogP contribution in [-0.2, 0) is 13.0 Å². The standard InChI is InChI=1S/C17H24N2O2/c1-13-8-9-15(21-13)11-19(2)12-17(20)16(18)10-14-6-4-3-5-7-14/h3-9,16-17,20H,10-12,18H2,1-2H3. The number of likely N-dealkylation sites (N-methyl/N-ethyl adjacent to an activating group) is 1. The Kier molecular flexibility index (Phi) is 5.56. The van der Waals surface area contributed by atoms with E-state index >= 15 is 0 Å². The number of nitrogens with two attached hydrogens (primary N) is 1. The summed E-state index contributed by atoms with van der Waals surface area (Å²) in [6, 6.07) is 13.6. The molecular formula is C17H24N2O2. The van der Waals surface area contributed by atoms with Gasteiger partial charge in [-0.05, 0) is 38.1 Å². The fourth-order valence-electron chi connectivity index (χ4n) is 2.38. The fraction of sp³-hybridized carbons (Fsp3) is 0.412. The molecule has 21 heavy (non-hydrogen) atoms. The van der Waals surface area contributed by atoms with E-state index < -0.39 is 6.10 Å². The number of furan rings is 1. The van der Waals surface area contributed by atoms with Crippen molar-refractivity contribution in [2.24, 2.45) is 5.73 Å². The molecule has 4 nitrogen and oxygen atoms in total. The molecule has 0 amide bonds. The molecule has 2 atom stereocenters. The van der Waals surface area contributed by atoms with Crippen LogP contribution in [0.3, 0.4) is 0 Å². The molecule has 2 unspecified atom stereocenters. The Balaban J connectivity index is 1.81. The van der Waals surface area contributed by atoms with Crippen molar-refractivity contribution >= 4 is 0 Å². The molecule has 2 rings (SSSR count). The van der Waals surface area contributed by atoms with Crippen molar-refractivity contribution < 1.29 is 9.52 Å². The molecule has 0 radical (unpaired) electrons. The third-order valence-electron chi connectivity index (χ3n) is 3.53. The summed E-state index contributed by atoms with van der Waals surface area (Å²) in [4.78, 5) is 2.02. The molecule has 1 heterocycles. The van der Waals surface area contributed by atoms with Gasteiger partial charge in [0, 0.05) is 12.6 Å². The maximum Gasteiger partial charge on any atom is 0.118 e. The summed E-state index contributed by atoms with van der Waals surface area (Å²) in [5.41, 5.74) is 7.24. The van der Waals surface area contributed by atoms with Crippen molar-refractivity contribution in [2.75, 3.05) is 13.6 Å². The Hall–Kier alpha value is -1.62. The Morgan fingerprint density at radius 2 is 1.90 bits per heavy atom. The highest BCUT2D eigenvalue weighted by molar-refractivity contribution is 5.16. The van der Waals surface area contributed by atoms with Crippen LogP contribution in [0, 0.1) is 6.92 Å². The van der Waals surface area contributed by atoms with Gasteiger partial charge in [0.25, 0.3) is 0 Å². The predicted octanol–water partition coefficient (Wildman–Crippen LogP) is 1.95. The number of aliphatic hydroxyl groups excluding tert-OH is 1. The van der Waals surface area contributed by atoms with Gasteiger partial charge >= 0.3 is 0 Å². The first kappa shape index (κ1) is 15.8. The lowest BCUT2D eigenvalue weighted by molar-refractivity contribution is 0.0964. The number of aliphatic hydroxyl groups is 1. The van der Waals surface area contributed by atoms with Gasteiger partial charge in [-0.3, -0.25) is 4.90 Å². The minimum Gasteiger partial charge on any atom is -0.465 e. The highest BCUT2D eigenvalue weighted by Crippen LogP contribution is 2.10. The molecule has 0 aliphatic rings. The largest absolute Gasteiger partial charge is 0.465 e. The van der Waals surface area contributed by atoms with E-state index in [1.165, 1.54) is 0 Å². The Morgan fingerprint density at radius 3 is 2.52 bits per heavy atom. The van der Waals surface area contributed by atoms with E-state index in [2.05, 4.69) is 0 Å². The Bertz CT molecular complexity index is 539. The second-order valence-electron chi connectivity index (χ2n) is 5.63. The zero-order chi connectivity index (χ0) is 15.2. The summed E-state index contributed by atoms with van der Waals surface area (Å²) >= 11 is 0. The van der Waals surface area contributed by atoms with Gasteiger partial charge in [-0.1, -0.05) is 30.3 Å². The number of hydrogen-bond donors (Lipinski definition) is 2. The van der Waals surface area contributed by atoms with Gasteiger partial charge in [-0.15, -0.1) is 0 Å². The zero-order valence-electron chi connectivity index (χ0n) is 12.7. The van der Waals surface area contributed by atoms with E-state index in [0.717, 1.165) is 17.1 Å². The average Bonchev–Trinajstić information content (AvgIpc) is 2.84. The first-order chi connectivity index (χ1) is 10.0. The van der Waals surface area contributed by atoms with Crippen molar-refractivity contribution in [3.8, 4) is 0 Å². The maximum absolute atomic E-state index is 10.2. The summed E-state index contributed by atoms with van der Waals surface area (Å²) in [6.07, 6.45) is 0.113. The minimum absolute atomic E-state index is 0.270. The fourth-order valence-corrected chi connectivity index (χ4v) is 2.38. The number of nitrogens with zero attached hydrogens (tertiary/aromatic N) is 1. The summed E-state index contributed by atoms with van der Waals surface area (Å²) in [6.45, 7) is 3.12. The summed E-state index contributed by atoms with van der Waals surface area (Å²) < 4.78 is 5.54. The van der Waals surface area contributed by atoms with Crippen LogP contribution in [0.25, 0.3) is 0 Å². The van der Waals surface area contributed by atoms with Crippen LogP contribution in [-0.4, -0.2) is 35.7 Å². The van der Waals surface area contributed by atoms with E-state index in [4.69, 9.17) is 10.2 Å². The van der Waals surface area contributed by atoms with Crippen LogP contribution in [0.15, 0.2) is 46.9 Å². The maximum atomic E-state index is 10.2. The van der Waals surface area contributed by atoms with Gasteiger partial charge in [0.1, 0.15) is 11.5 Å². The molecule has 0 saturated heterocycles. The van der Waals surface area contributed by atoms with Crippen molar-refractivity contribution in [1.82, 2.24) is 4.90 Å². The van der Waals surface area contributed by atoms with Crippen LogP contribution in [0.1, 0.15) is 17.1 Å². The van der Waals surface area contributed by atoms with Crippen molar-refractivity contribution in [3.63, 3.8) is 0 Å². The number of aryl methyl sites for hydroxylation is 1. The lowest BCUT2D eigenvalue weighted by Crippen LogP contribution is -2.43. The van der Waals surface area contributed by atoms with E-state index in [9.17, 15) is 5.11 Å². The number of hydrogen-bond acceptors (Lipinski definition) is 4. The summed E-state index contributed by atoms with van der Waals surface area (Å²) in [7, 11) is 1.95. The van der Waals surface area contributed by atoms with Crippen molar-refractivity contribution in [3.05, 3.63) is 59.5 Å². The number of benzene rings is 1. The Morgan fingerprint density at radius 1 is 1.19 bits per heavy atom. The second kappa shape index (κ2) is 7.41. The average molecular weight is 288 g/mol. The van der Waals surface area contributed by atoms with Crippen LogP contribution < -0.4 is 5.73 Å². The van der Waals surface area contributed by atoms with E-state index in [1.54, 1.807) is 0 Å². The first-order valence-corrected chi connectivity index (χ1v) is 7.26. The highest BCUT2D eigenvalue weighted by atomic mass is 16.3. The molecule has 0 aliphatic carbocycles. The quantitative estimate of drug-likeness (QED) is 0.817. The van der Waals surface area contributed by atoms with Gasteiger partial charge in [0.15, 0.2) is 0 Å². The molecule has 0 spiro atoms. The van der Waals surface area contributed by atoms with Gasteiger partial charge in [-0.25, -0.2) is 0 Å². The second-order valence-corrected chi connectivity index (χ2v) is 5.63.